The first-order valence-electron chi connectivity index (χ1n) is 5.01. The van der Waals surface area contributed by atoms with Gasteiger partial charge in [0.05, 0.1) is 6.07 Å². The van der Waals surface area contributed by atoms with Crippen molar-refractivity contribution in [2.45, 2.75) is 58.0 Å². The molecule has 1 N–H and O–H groups in total. The lowest BCUT2D eigenvalue weighted by atomic mass is 9.75. The molecule has 0 bridgehead atoms. The van der Waals surface area contributed by atoms with Gasteiger partial charge in [-0.15, -0.1) is 0 Å². The fraction of sp³-hybridized carbons (Fsp3) is 0.909. The zero-order valence-electron chi connectivity index (χ0n) is 9.15. The van der Waals surface area contributed by atoms with E-state index in [1.54, 1.807) is 0 Å². The smallest absolute Gasteiger partial charge is 0.0624 e. The van der Waals surface area contributed by atoms with Gasteiger partial charge in [-0.25, -0.2) is 0 Å². The minimum absolute atomic E-state index is 0.184. The highest BCUT2D eigenvalue weighted by molar-refractivity contribution is 4.98. The molecule has 1 fully saturated rings. The Morgan fingerprint density at radius 3 is 2.08 bits per heavy atom. The fourth-order valence-corrected chi connectivity index (χ4v) is 2.81. The summed E-state index contributed by atoms with van der Waals surface area (Å²) < 4.78 is 0. The maximum atomic E-state index is 8.69. The number of hydrogen-bond donors (Lipinski definition) is 1. The average Bonchev–Trinajstić information content (AvgIpc) is 1.78. The van der Waals surface area contributed by atoms with E-state index in [1.807, 2.05) is 0 Å². The third kappa shape index (κ3) is 3.00. The van der Waals surface area contributed by atoms with Crippen molar-refractivity contribution in [3.63, 3.8) is 0 Å². The third-order valence-electron chi connectivity index (χ3n) is 2.65. The summed E-state index contributed by atoms with van der Waals surface area (Å²) >= 11 is 0. The van der Waals surface area contributed by atoms with E-state index in [1.165, 1.54) is 0 Å². The molecule has 0 aromatic carbocycles. The van der Waals surface area contributed by atoms with E-state index in [0.717, 1.165) is 12.8 Å². The van der Waals surface area contributed by atoms with Crippen LogP contribution in [0, 0.1) is 17.2 Å². The summed E-state index contributed by atoms with van der Waals surface area (Å²) in [5.74, 6) is 0.566. The molecule has 0 aromatic rings. The summed E-state index contributed by atoms with van der Waals surface area (Å²) in [6, 6.07) is 2.29. The lowest BCUT2D eigenvalue weighted by molar-refractivity contribution is 0.131. The van der Waals surface area contributed by atoms with E-state index >= 15 is 0 Å². The van der Waals surface area contributed by atoms with Gasteiger partial charge in [-0.05, 0) is 46.5 Å². The zero-order chi connectivity index (χ0) is 10.1. The average molecular weight is 180 g/mol. The minimum Gasteiger partial charge on any atom is -0.307 e. The van der Waals surface area contributed by atoms with Crippen molar-refractivity contribution < 1.29 is 0 Å². The topological polar surface area (TPSA) is 35.8 Å². The normalized spacial score (nSPS) is 26.7. The first kappa shape index (κ1) is 10.5. The van der Waals surface area contributed by atoms with E-state index in [4.69, 9.17) is 5.26 Å². The maximum absolute atomic E-state index is 8.69. The Morgan fingerprint density at radius 2 is 1.69 bits per heavy atom. The van der Waals surface area contributed by atoms with Crippen molar-refractivity contribution in [3.05, 3.63) is 0 Å². The molecule has 2 nitrogen and oxygen atoms in total. The molecule has 0 aliphatic carbocycles. The molecule has 1 saturated heterocycles. The van der Waals surface area contributed by atoms with Gasteiger partial charge in [0.25, 0.3) is 0 Å². The lowest BCUT2D eigenvalue weighted by Crippen LogP contribution is -2.57. The molecule has 0 amide bonds. The molecule has 1 aliphatic heterocycles. The number of nitriles is 1. The van der Waals surface area contributed by atoms with Crippen LogP contribution in [0.3, 0.4) is 0 Å². The van der Waals surface area contributed by atoms with Gasteiger partial charge in [0.15, 0.2) is 0 Å². The van der Waals surface area contributed by atoms with Crippen LogP contribution in [-0.4, -0.2) is 11.1 Å². The summed E-state index contributed by atoms with van der Waals surface area (Å²) in [5, 5.41) is 12.3. The maximum Gasteiger partial charge on any atom is 0.0624 e. The molecule has 13 heavy (non-hydrogen) atoms. The molecule has 1 heterocycles. The first-order chi connectivity index (χ1) is 5.85. The van der Waals surface area contributed by atoms with Gasteiger partial charge in [0.2, 0.25) is 0 Å². The quantitative estimate of drug-likeness (QED) is 0.673. The summed E-state index contributed by atoms with van der Waals surface area (Å²) in [7, 11) is 0. The highest BCUT2D eigenvalue weighted by atomic mass is 15.0. The predicted molar refractivity (Wildman–Crippen MR) is 54.2 cm³/mol. The number of nitrogens with zero attached hydrogens (tertiary/aromatic N) is 1. The lowest BCUT2D eigenvalue weighted by Gasteiger charge is -2.46. The predicted octanol–water partition coefficient (Wildman–Crippen LogP) is 2.46. The van der Waals surface area contributed by atoms with Gasteiger partial charge in [0.1, 0.15) is 0 Å². The van der Waals surface area contributed by atoms with Gasteiger partial charge in [0, 0.05) is 17.5 Å². The number of hydrogen-bond acceptors (Lipinski definition) is 2. The first-order valence-corrected chi connectivity index (χ1v) is 5.01. The molecule has 74 valence electrons. The van der Waals surface area contributed by atoms with Crippen LogP contribution in [0.1, 0.15) is 47.0 Å². The molecule has 0 saturated carbocycles. The Morgan fingerprint density at radius 1 is 1.23 bits per heavy atom. The second-order valence-electron chi connectivity index (χ2n) is 5.53. The van der Waals surface area contributed by atoms with Crippen molar-refractivity contribution in [1.29, 1.82) is 5.26 Å². The fourth-order valence-electron chi connectivity index (χ4n) is 2.81. The monoisotopic (exact) mass is 180 g/mol. The summed E-state index contributed by atoms with van der Waals surface area (Å²) in [5.41, 5.74) is 0.368. The van der Waals surface area contributed by atoms with Crippen LogP contribution in [-0.2, 0) is 0 Å². The Hall–Kier alpha value is -0.550. The third-order valence-corrected chi connectivity index (χ3v) is 2.65. The molecule has 0 unspecified atom stereocenters. The molecular formula is C11H20N2. The molecule has 2 heteroatoms. The highest BCUT2D eigenvalue weighted by Crippen LogP contribution is 2.34. The van der Waals surface area contributed by atoms with Gasteiger partial charge in [-0.2, -0.15) is 5.26 Å². The minimum atomic E-state index is 0.184. The molecule has 1 rings (SSSR count). The number of nitrogens with one attached hydrogen (secondary N) is 1. The van der Waals surface area contributed by atoms with Gasteiger partial charge >= 0.3 is 0 Å². The van der Waals surface area contributed by atoms with Gasteiger partial charge in [-0.3, -0.25) is 0 Å². The van der Waals surface area contributed by atoms with Crippen molar-refractivity contribution in [2.24, 2.45) is 5.92 Å². The Bertz CT molecular complexity index is 207. The molecular weight excluding hydrogens is 160 g/mol. The van der Waals surface area contributed by atoms with E-state index in [0.29, 0.717) is 12.3 Å². The van der Waals surface area contributed by atoms with Crippen LogP contribution >= 0.6 is 0 Å². The summed E-state index contributed by atoms with van der Waals surface area (Å²) in [6.07, 6.45) is 2.93. The van der Waals surface area contributed by atoms with Crippen LogP contribution < -0.4 is 5.32 Å². The van der Waals surface area contributed by atoms with Crippen LogP contribution in [0.15, 0.2) is 0 Å². The number of piperidine rings is 1. The second kappa shape index (κ2) is 3.31. The van der Waals surface area contributed by atoms with Crippen LogP contribution in [0.25, 0.3) is 0 Å². The van der Waals surface area contributed by atoms with Crippen molar-refractivity contribution >= 4 is 0 Å². The zero-order valence-corrected chi connectivity index (χ0v) is 9.15. The van der Waals surface area contributed by atoms with Gasteiger partial charge in [-0.1, -0.05) is 0 Å². The summed E-state index contributed by atoms with van der Waals surface area (Å²) in [4.78, 5) is 0. The highest BCUT2D eigenvalue weighted by Gasteiger charge is 2.37. The Balaban J connectivity index is 2.67. The molecule has 0 radical (unpaired) electrons. The largest absolute Gasteiger partial charge is 0.307 e. The van der Waals surface area contributed by atoms with Crippen molar-refractivity contribution in [3.8, 4) is 6.07 Å². The standard InChI is InChI=1S/C11H20N2/c1-10(2)7-9(5-6-12)8-11(3,4)13-10/h9,13H,5,7-8H2,1-4H3. The Labute approximate surface area is 81.3 Å². The SMILES string of the molecule is CC1(C)CC(CC#N)CC(C)(C)N1. The van der Waals surface area contributed by atoms with E-state index in [-0.39, 0.29) is 11.1 Å². The molecule has 1 aliphatic rings. The second-order valence-corrected chi connectivity index (χ2v) is 5.53. The van der Waals surface area contributed by atoms with Crippen molar-refractivity contribution in [2.75, 3.05) is 0 Å². The van der Waals surface area contributed by atoms with Crippen LogP contribution in [0.5, 0.6) is 0 Å². The van der Waals surface area contributed by atoms with Gasteiger partial charge < -0.3 is 5.32 Å². The molecule has 0 atom stereocenters. The van der Waals surface area contributed by atoms with E-state index < -0.39 is 0 Å². The van der Waals surface area contributed by atoms with Crippen molar-refractivity contribution in [1.82, 2.24) is 5.32 Å². The molecule has 0 spiro atoms. The van der Waals surface area contributed by atoms with Crippen LogP contribution in [0.2, 0.25) is 0 Å². The summed E-state index contributed by atoms with van der Waals surface area (Å²) in [6.45, 7) is 8.88. The molecule has 0 aromatic heterocycles. The Kier molecular flexibility index (Phi) is 2.68. The van der Waals surface area contributed by atoms with Crippen LogP contribution in [0.4, 0.5) is 0 Å². The number of rotatable bonds is 1. The van der Waals surface area contributed by atoms with E-state index in [9.17, 15) is 0 Å². The van der Waals surface area contributed by atoms with E-state index in [2.05, 4.69) is 39.1 Å².